The first-order valence-electron chi connectivity index (χ1n) is 5.88. The fraction of sp³-hybridized carbons (Fsp3) is 0.385. The fourth-order valence-corrected chi connectivity index (χ4v) is 2.67. The van der Waals surface area contributed by atoms with Gasteiger partial charge in [0.15, 0.2) is 0 Å². The molecule has 2 heterocycles. The molecule has 1 aromatic rings. The first-order valence-corrected chi connectivity index (χ1v) is 5.88. The van der Waals surface area contributed by atoms with E-state index in [0.29, 0.717) is 5.56 Å². The predicted molar refractivity (Wildman–Crippen MR) is 68.0 cm³/mol. The van der Waals surface area contributed by atoms with E-state index in [1.165, 1.54) is 0 Å². The molecule has 3 nitrogen and oxygen atoms in total. The second kappa shape index (κ2) is 3.46. The average molecular weight is 224 g/mol. The quantitative estimate of drug-likeness (QED) is 0.619. The highest BCUT2D eigenvalue weighted by Crippen LogP contribution is 2.35. The molecule has 0 bridgehead atoms. The van der Waals surface area contributed by atoms with E-state index in [1.54, 1.807) is 4.90 Å². The monoisotopic (exact) mass is 224 g/mol. The second-order valence-corrected chi connectivity index (χ2v) is 4.70. The van der Waals surface area contributed by atoms with Gasteiger partial charge in [-0.15, -0.1) is 0 Å². The van der Waals surface area contributed by atoms with Gasteiger partial charge in [-0.1, -0.05) is 12.1 Å². The van der Waals surface area contributed by atoms with Crippen LogP contribution in [0.4, 0.5) is 5.69 Å². The lowest BCUT2D eigenvalue weighted by molar-refractivity contribution is 0.0751. The summed E-state index contributed by atoms with van der Waals surface area (Å²) >= 11 is 0. The van der Waals surface area contributed by atoms with Gasteiger partial charge in [-0.3, -0.25) is 9.79 Å². The lowest BCUT2D eigenvalue weighted by Gasteiger charge is -2.34. The smallest absolute Gasteiger partial charge is 0.256 e. The third kappa shape index (κ3) is 1.36. The highest BCUT2D eigenvalue weighted by atomic mass is 16.2. The van der Waals surface area contributed by atoms with E-state index in [9.17, 15) is 4.79 Å². The molecule has 1 saturated heterocycles. The van der Waals surface area contributed by atoms with Crippen molar-refractivity contribution in [3.8, 4) is 0 Å². The minimum Gasteiger partial charge on any atom is -0.336 e. The molecule has 0 aromatic heterocycles. The maximum absolute atomic E-state index is 12.4. The van der Waals surface area contributed by atoms with Gasteiger partial charge in [0.05, 0.1) is 11.3 Å². The first kappa shape index (κ1) is 10.6. The number of hydrogen-bond donors (Lipinski definition) is 0. The Bertz CT molecular complexity index is 526. The van der Waals surface area contributed by atoms with E-state index in [-0.39, 0.29) is 5.91 Å². The molecule has 2 aliphatic rings. The van der Waals surface area contributed by atoms with Crippen molar-refractivity contribution in [1.29, 1.82) is 0 Å². The third-order valence-corrected chi connectivity index (χ3v) is 3.72. The molecule has 0 spiro atoms. The number of carbonyl (C=O) groups excluding carboxylic acids is 1. The number of carbonyl (C=O) groups is 1. The molecular weight excluding hydrogens is 211 g/mol. The van der Waals surface area contributed by atoms with Crippen molar-refractivity contribution < 1.29 is 4.79 Å². The van der Waals surface area contributed by atoms with Crippen molar-refractivity contribution in [2.24, 2.45) is 4.99 Å². The van der Waals surface area contributed by atoms with Gasteiger partial charge in [-0.05, 0) is 31.9 Å². The number of hydrogen-bond acceptors (Lipinski definition) is 2. The highest BCUT2D eigenvalue weighted by molar-refractivity contribution is 6.32. The van der Waals surface area contributed by atoms with Gasteiger partial charge >= 0.3 is 0 Å². The largest absolute Gasteiger partial charge is 0.336 e. The van der Waals surface area contributed by atoms with Crippen LogP contribution in [-0.2, 0) is 0 Å². The van der Waals surface area contributed by atoms with Gasteiger partial charge in [-0.25, -0.2) is 0 Å². The molecule has 84 valence electrons. The normalized spacial score (nSPS) is 27.2. The summed E-state index contributed by atoms with van der Waals surface area (Å²) < 4.78 is 0. The van der Waals surface area contributed by atoms with Crippen LogP contribution in [0, 0.1) is 0 Å². The van der Waals surface area contributed by atoms with Gasteiger partial charge in [0.25, 0.3) is 5.91 Å². The van der Waals surface area contributed by atoms with Gasteiger partial charge < -0.3 is 4.90 Å². The molecule has 1 amide bonds. The standard InChI is InChI=1S/C13H13BN2O/c1-9-13(14)7-4-8-16(13)12(17)10-5-2-3-6-11(10)15-9/h2-3,5-6H,4,7-8H2,1H3. The predicted octanol–water partition coefficient (Wildman–Crippen LogP) is 1.89. The Kier molecular flexibility index (Phi) is 2.15. The zero-order valence-electron chi connectivity index (χ0n) is 9.81. The van der Waals surface area contributed by atoms with E-state index in [1.807, 2.05) is 31.2 Å². The minimum atomic E-state index is -0.684. The van der Waals surface area contributed by atoms with Crippen LogP contribution in [0.3, 0.4) is 0 Å². The van der Waals surface area contributed by atoms with Crippen LogP contribution >= 0.6 is 0 Å². The number of amides is 1. The summed E-state index contributed by atoms with van der Waals surface area (Å²) in [5.41, 5.74) is 1.53. The summed E-state index contributed by atoms with van der Waals surface area (Å²) in [6, 6.07) is 7.43. The molecule has 0 aliphatic carbocycles. The van der Waals surface area contributed by atoms with Crippen LogP contribution in [0.25, 0.3) is 0 Å². The Labute approximate surface area is 102 Å². The van der Waals surface area contributed by atoms with Crippen LogP contribution in [-0.4, -0.2) is 36.3 Å². The zero-order chi connectivity index (χ0) is 12.0. The van der Waals surface area contributed by atoms with Crippen LogP contribution in [0.15, 0.2) is 29.3 Å². The van der Waals surface area contributed by atoms with Crippen LogP contribution in [0.2, 0.25) is 0 Å². The molecule has 2 aliphatic heterocycles. The van der Waals surface area contributed by atoms with E-state index in [2.05, 4.69) is 4.99 Å². The summed E-state index contributed by atoms with van der Waals surface area (Å²) in [6.07, 6.45) is 1.74. The number of aliphatic imine (C=N–C) groups is 1. The average Bonchev–Trinajstić information content (AvgIpc) is 2.69. The summed E-state index contributed by atoms with van der Waals surface area (Å²) in [5.74, 6) is 0.00111. The van der Waals surface area contributed by atoms with Crippen molar-refractivity contribution in [2.45, 2.75) is 25.2 Å². The molecule has 0 N–H and O–H groups in total. The van der Waals surface area contributed by atoms with Crippen LogP contribution in [0.5, 0.6) is 0 Å². The molecule has 1 fully saturated rings. The lowest BCUT2D eigenvalue weighted by atomic mass is 9.72. The van der Waals surface area contributed by atoms with Gasteiger partial charge in [0, 0.05) is 17.7 Å². The molecular formula is C13H13BN2O. The van der Waals surface area contributed by atoms with E-state index >= 15 is 0 Å². The van der Waals surface area contributed by atoms with Gasteiger partial charge in [0.1, 0.15) is 7.85 Å². The molecule has 0 saturated carbocycles. The van der Waals surface area contributed by atoms with Crippen LogP contribution in [0.1, 0.15) is 30.1 Å². The van der Waals surface area contributed by atoms with Crippen molar-refractivity contribution in [3.63, 3.8) is 0 Å². The Morgan fingerprint density at radius 3 is 3.00 bits per heavy atom. The lowest BCUT2D eigenvalue weighted by Crippen LogP contribution is -2.51. The number of benzene rings is 1. The number of para-hydroxylation sites is 1. The van der Waals surface area contributed by atoms with Gasteiger partial charge in [-0.2, -0.15) is 0 Å². The van der Waals surface area contributed by atoms with Crippen LogP contribution < -0.4 is 0 Å². The molecule has 3 rings (SSSR count). The van der Waals surface area contributed by atoms with Gasteiger partial charge in [0.2, 0.25) is 0 Å². The Balaban J connectivity index is 2.22. The van der Waals surface area contributed by atoms with Crippen molar-refractivity contribution >= 4 is 25.2 Å². The summed E-state index contributed by atoms with van der Waals surface area (Å²) in [4.78, 5) is 18.7. The first-order chi connectivity index (χ1) is 8.13. The van der Waals surface area contributed by atoms with E-state index < -0.39 is 5.44 Å². The topological polar surface area (TPSA) is 32.7 Å². The summed E-state index contributed by atoms with van der Waals surface area (Å²) in [7, 11) is 6.35. The number of fused-ring (bicyclic) bond motifs is 2. The minimum absolute atomic E-state index is 0.00111. The molecule has 1 aromatic carbocycles. The second-order valence-electron chi connectivity index (χ2n) is 4.70. The maximum atomic E-state index is 12.4. The third-order valence-electron chi connectivity index (χ3n) is 3.72. The Morgan fingerprint density at radius 1 is 1.41 bits per heavy atom. The Hall–Kier alpha value is -1.58. The zero-order valence-corrected chi connectivity index (χ0v) is 9.81. The van der Waals surface area contributed by atoms with Crippen molar-refractivity contribution in [3.05, 3.63) is 29.8 Å². The number of nitrogens with zero attached hydrogens (tertiary/aromatic N) is 2. The van der Waals surface area contributed by atoms with E-state index in [0.717, 1.165) is 30.8 Å². The summed E-state index contributed by atoms with van der Waals surface area (Å²) in [5, 5.41) is 0. The molecule has 1 atom stereocenters. The van der Waals surface area contributed by atoms with Crippen molar-refractivity contribution in [1.82, 2.24) is 4.90 Å². The number of rotatable bonds is 0. The SMILES string of the molecule is [B]C12CCCN1C(=O)c1ccccc1N=C2C. The summed E-state index contributed by atoms with van der Waals surface area (Å²) in [6.45, 7) is 2.63. The fourth-order valence-electron chi connectivity index (χ4n) is 2.67. The maximum Gasteiger partial charge on any atom is 0.256 e. The Morgan fingerprint density at radius 2 is 2.18 bits per heavy atom. The molecule has 4 heteroatoms. The molecule has 1 unspecified atom stereocenters. The molecule has 2 radical (unpaired) electrons. The van der Waals surface area contributed by atoms with Crippen molar-refractivity contribution in [2.75, 3.05) is 6.54 Å². The highest BCUT2D eigenvalue weighted by Gasteiger charge is 2.43. The molecule has 17 heavy (non-hydrogen) atoms. The van der Waals surface area contributed by atoms with E-state index in [4.69, 9.17) is 7.85 Å².